The molecule has 0 bridgehead atoms. The molecule has 1 aromatic carbocycles. The Hall–Kier alpha value is -1.46. The average molecular weight is 318 g/mol. The van der Waals surface area contributed by atoms with Gasteiger partial charge in [0.2, 0.25) is 0 Å². The fourth-order valence-corrected chi connectivity index (χ4v) is 4.59. The predicted molar refractivity (Wildman–Crippen MR) is 94.1 cm³/mol. The maximum atomic E-state index is 6.22. The maximum absolute atomic E-state index is 6.22. The zero-order valence-corrected chi connectivity index (χ0v) is 14.6. The SMILES string of the molecule is C=CC(C=C)(C=C)CO[Si](OCC)(OCC)c1ccccc1. The van der Waals surface area contributed by atoms with Crippen molar-refractivity contribution < 1.29 is 13.3 Å². The third-order valence-corrected chi connectivity index (χ3v) is 6.35. The van der Waals surface area contributed by atoms with Gasteiger partial charge in [0.05, 0.1) is 6.61 Å². The molecule has 0 radical (unpaired) electrons. The quantitative estimate of drug-likeness (QED) is 0.462. The molecule has 0 atom stereocenters. The molecule has 0 heterocycles. The van der Waals surface area contributed by atoms with Gasteiger partial charge < -0.3 is 13.3 Å². The lowest BCUT2D eigenvalue weighted by atomic mass is 9.90. The topological polar surface area (TPSA) is 27.7 Å². The Balaban J connectivity index is 3.12. The summed E-state index contributed by atoms with van der Waals surface area (Å²) < 4.78 is 18.2. The van der Waals surface area contributed by atoms with Crippen LogP contribution in [-0.2, 0) is 13.3 Å². The first kappa shape index (κ1) is 18.6. The van der Waals surface area contributed by atoms with Gasteiger partial charge in [-0.15, -0.1) is 19.7 Å². The van der Waals surface area contributed by atoms with Crippen LogP contribution in [0, 0.1) is 5.41 Å². The Labute approximate surface area is 135 Å². The van der Waals surface area contributed by atoms with E-state index in [9.17, 15) is 0 Å². The van der Waals surface area contributed by atoms with E-state index in [1.165, 1.54) is 0 Å². The standard InChI is InChI=1S/C18H26O3Si/c1-6-18(7-2,8-3)16-21-22(19-9-4,20-10-5)17-14-12-11-13-15-17/h6-8,11-15H,1-3,9-10,16H2,4-5H3. The predicted octanol–water partition coefficient (Wildman–Crippen LogP) is 3.47. The van der Waals surface area contributed by atoms with E-state index < -0.39 is 14.2 Å². The Bertz CT molecular complexity index is 457. The first-order chi connectivity index (χ1) is 10.6. The molecule has 0 saturated carbocycles. The Morgan fingerprint density at radius 2 is 1.41 bits per heavy atom. The number of benzene rings is 1. The summed E-state index contributed by atoms with van der Waals surface area (Å²) >= 11 is 0. The van der Waals surface area contributed by atoms with Gasteiger partial charge in [0.1, 0.15) is 0 Å². The average Bonchev–Trinajstić information content (AvgIpc) is 2.57. The van der Waals surface area contributed by atoms with Gasteiger partial charge in [-0.3, -0.25) is 0 Å². The molecule has 0 amide bonds. The van der Waals surface area contributed by atoms with E-state index in [2.05, 4.69) is 19.7 Å². The lowest BCUT2D eigenvalue weighted by molar-refractivity contribution is 0.0695. The lowest BCUT2D eigenvalue weighted by Crippen LogP contribution is -2.57. The van der Waals surface area contributed by atoms with E-state index in [1.807, 2.05) is 44.2 Å². The molecule has 3 nitrogen and oxygen atoms in total. The molecule has 120 valence electrons. The summed E-state index contributed by atoms with van der Waals surface area (Å²) in [5.74, 6) is 0. The highest BCUT2D eigenvalue weighted by molar-refractivity contribution is 6.75. The molecule has 0 aliphatic heterocycles. The summed E-state index contributed by atoms with van der Waals surface area (Å²) in [7, 11) is -2.97. The number of hydrogen-bond acceptors (Lipinski definition) is 3. The first-order valence-electron chi connectivity index (χ1n) is 7.50. The molecule has 0 aliphatic rings. The summed E-state index contributed by atoms with van der Waals surface area (Å²) in [6.07, 6.45) is 5.32. The first-order valence-corrected chi connectivity index (χ1v) is 9.22. The van der Waals surface area contributed by atoms with E-state index in [1.54, 1.807) is 18.2 Å². The van der Waals surface area contributed by atoms with E-state index in [0.29, 0.717) is 19.8 Å². The van der Waals surface area contributed by atoms with Crippen LogP contribution in [0.1, 0.15) is 13.8 Å². The minimum Gasteiger partial charge on any atom is -0.370 e. The number of hydrogen-bond donors (Lipinski definition) is 0. The van der Waals surface area contributed by atoms with Crippen molar-refractivity contribution in [2.75, 3.05) is 19.8 Å². The molecule has 0 unspecified atom stereocenters. The van der Waals surface area contributed by atoms with Gasteiger partial charge in [-0.05, 0) is 13.8 Å². The minimum absolute atomic E-state index is 0.338. The highest BCUT2D eigenvalue weighted by Crippen LogP contribution is 2.24. The lowest BCUT2D eigenvalue weighted by Gasteiger charge is -2.32. The highest BCUT2D eigenvalue weighted by Gasteiger charge is 2.44. The molecule has 0 aliphatic carbocycles. The van der Waals surface area contributed by atoms with Crippen molar-refractivity contribution in [3.63, 3.8) is 0 Å². The summed E-state index contributed by atoms with van der Waals surface area (Å²) in [6, 6.07) is 9.84. The molecule has 0 saturated heterocycles. The largest absolute Gasteiger partial charge is 0.537 e. The van der Waals surface area contributed by atoms with Crippen LogP contribution in [-0.4, -0.2) is 28.6 Å². The minimum atomic E-state index is -2.97. The molecular weight excluding hydrogens is 292 g/mol. The third-order valence-electron chi connectivity index (χ3n) is 3.45. The Morgan fingerprint density at radius 3 is 1.82 bits per heavy atom. The zero-order valence-electron chi connectivity index (χ0n) is 13.6. The summed E-state index contributed by atoms with van der Waals surface area (Å²) in [4.78, 5) is 0. The second-order valence-electron chi connectivity index (χ2n) is 4.80. The van der Waals surface area contributed by atoms with Gasteiger partial charge in [-0.1, -0.05) is 48.6 Å². The van der Waals surface area contributed by atoms with Crippen molar-refractivity contribution in [2.24, 2.45) is 5.41 Å². The van der Waals surface area contributed by atoms with Crippen molar-refractivity contribution in [1.29, 1.82) is 0 Å². The molecule has 22 heavy (non-hydrogen) atoms. The normalized spacial score (nSPS) is 11.9. The Kier molecular flexibility index (Phi) is 7.48. The third kappa shape index (κ3) is 4.27. The van der Waals surface area contributed by atoms with Crippen LogP contribution < -0.4 is 5.19 Å². The van der Waals surface area contributed by atoms with Crippen molar-refractivity contribution in [2.45, 2.75) is 13.8 Å². The van der Waals surface area contributed by atoms with Gasteiger partial charge in [-0.2, -0.15) is 0 Å². The molecule has 1 rings (SSSR count). The van der Waals surface area contributed by atoms with Gasteiger partial charge in [0, 0.05) is 23.8 Å². The second kappa shape index (κ2) is 8.85. The molecule has 0 N–H and O–H groups in total. The molecule has 0 aromatic heterocycles. The van der Waals surface area contributed by atoms with E-state index >= 15 is 0 Å². The van der Waals surface area contributed by atoms with Crippen molar-refractivity contribution in [3.8, 4) is 0 Å². The van der Waals surface area contributed by atoms with Gasteiger partial charge in [0.25, 0.3) is 0 Å². The molecule has 0 spiro atoms. The smallest absolute Gasteiger partial charge is 0.370 e. The van der Waals surface area contributed by atoms with Crippen LogP contribution in [0.4, 0.5) is 0 Å². The van der Waals surface area contributed by atoms with Gasteiger partial charge in [-0.25, -0.2) is 0 Å². The van der Waals surface area contributed by atoms with E-state index in [0.717, 1.165) is 5.19 Å². The van der Waals surface area contributed by atoms with Gasteiger partial charge >= 0.3 is 8.80 Å². The molecular formula is C18H26O3Si. The van der Waals surface area contributed by atoms with Crippen LogP contribution in [0.25, 0.3) is 0 Å². The van der Waals surface area contributed by atoms with Crippen LogP contribution >= 0.6 is 0 Å². The summed E-state index contributed by atoms with van der Waals surface area (Å²) in [5.41, 5.74) is -0.499. The number of rotatable bonds is 11. The monoisotopic (exact) mass is 318 g/mol. The summed E-state index contributed by atoms with van der Waals surface area (Å²) in [5, 5.41) is 0.949. The van der Waals surface area contributed by atoms with E-state index in [-0.39, 0.29) is 0 Å². The maximum Gasteiger partial charge on any atom is 0.537 e. The van der Waals surface area contributed by atoms with Crippen molar-refractivity contribution in [3.05, 3.63) is 68.3 Å². The van der Waals surface area contributed by atoms with E-state index in [4.69, 9.17) is 13.3 Å². The van der Waals surface area contributed by atoms with Crippen LogP contribution in [0.3, 0.4) is 0 Å². The van der Waals surface area contributed by atoms with Crippen LogP contribution in [0.15, 0.2) is 68.3 Å². The summed E-state index contributed by atoms with van der Waals surface area (Å²) in [6.45, 7) is 16.8. The van der Waals surface area contributed by atoms with Crippen LogP contribution in [0.5, 0.6) is 0 Å². The fraction of sp³-hybridized carbons (Fsp3) is 0.333. The molecule has 4 heteroatoms. The highest BCUT2D eigenvalue weighted by atomic mass is 28.4. The zero-order chi connectivity index (χ0) is 16.5. The second-order valence-corrected chi connectivity index (χ2v) is 7.36. The van der Waals surface area contributed by atoms with Crippen LogP contribution in [0.2, 0.25) is 0 Å². The van der Waals surface area contributed by atoms with Gasteiger partial charge in [0.15, 0.2) is 0 Å². The molecule has 0 fully saturated rings. The van der Waals surface area contributed by atoms with Crippen molar-refractivity contribution in [1.82, 2.24) is 0 Å². The fourth-order valence-electron chi connectivity index (χ4n) is 2.04. The molecule has 1 aromatic rings. The Morgan fingerprint density at radius 1 is 0.909 bits per heavy atom. The van der Waals surface area contributed by atoms with Crippen molar-refractivity contribution >= 4 is 14.0 Å².